The SMILES string of the molecule is CSSC.O. The van der Waals surface area contributed by atoms with Crippen molar-refractivity contribution in [1.82, 2.24) is 0 Å². The number of rotatable bonds is 1. The first-order chi connectivity index (χ1) is 1.91. The molecule has 0 spiro atoms. The summed E-state index contributed by atoms with van der Waals surface area (Å²) in [5, 5.41) is 0. The minimum absolute atomic E-state index is 0. The second kappa shape index (κ2) is 8.82. The lowest BCUT2D eigenvalue weighted by atomic mass is 12.0. The van der Waals surface area contributed by atoms with Crippen molar-refractivity contribution in [3.63, 3.8) is 0 Å². The molecule has 0 amide bonds. The van der Waals surface area contributed by atoms with E-state index >= 15 is 0 Å². The molecular weight excluding hydrogens is 104 g/mol. The van der Waals surface area contributed by atoms with Crippen molar-refractivity contribution >= 4 is 21.6 Å². The quantitative estimate of drug-likeness (QED) is 0.470. The molecule has 0 aromatic heterocycles. The van der Waals surface area contributed by atoms with E-state index in [1.807, 2.05) is 0 Å². The van der Waals surface area contributed by atoms with Gasteiger partial charge >= 0.3 is 0 Å². The predicted molar refractivity (Wildman–Crippen MR) is 30.6 cm³/mol. The Balaban J connectivity index is 0. The van der Waals surface area contributed by atoms with Crippen LogP contribution in [-0.4, -0.2) is 18.0 Å². The molecule has 0 aromatic carbocycles. The van der Waals surface area contributed by atoms with Gasteiger partial charge in [0.05, 0.1) is 0 Å². The van der Waals surface area contributed by atoms with Gasteiger partial charge in [-0.3, -0.25) is 0 Å². The van der Waals surface area contributed by atoms with Crippen LogP contribution >= 0.6 is 21.6 Å². The van der Waals surface area contributed by atoms with Crippen LogP contribution in [0.5, 0.6) is 0 Å². The van der Waals surface area contributed by atoms with Crippen LogP contribution in [0.15, 0.2) is 0 Å². The van der Waals surface area contributed by atoms with Crippen LogP contribution in [0.3, 0.4) is 0 Å². The van der Waals surface area contributed by atoms with Crippen molar-refractivity contribution in [3.8, 4) is 0 Å². The minimum Gasteiger partial charge on any atom is -0.412 e. The maximum absolute atomic E-state index is 2.06. The zero-order chi connectivity index (χ0) is 3.41. The third kappa shape index (κ3) is 12.0. The normalized spacial score (nSPS) is 6.00. The van der Waals surface area contributed by atoms with Crippen molar-refractivity contribution in [1.29, 1.82) is 0 Å². The molecular formula is C2H8OS2. The Bertz CT molecular complexity index is 9.61. The molecule has 0 saturated carbocycles. The first-order valence-corrected chi connectivity index (χ1v) is 3.95. The molecule has 0 bridgehead atoms. The van der Waals surface area contributed by atoms with Crippen LogP contribution < -0.4 is 0 Å². The van der Waals surface area contributed by atoms with Crippen molar-refractivity contribution in [2.45, 2.75) is 0 Å². The lowest BCUT2D eigenvalue weighted by Crippen LogP contribution is -1.28. The molecule has 34 valence electrons. The highest BCUT2D eigenvalue weighted by Gasteiger charge is 1.55. The van der Waals surface area contributed by atoms with Gasteiger partial charge in [0.15, 0.2) is 0 Å². The predicted octanol–water partition coefficient (Wildman–Crippen LogP) is 0.803. The van der Waals surface area contributed by atoms with Crippen molar-refractivity contribution in [3.05, 3.63) is 0 Å². The van der Waals surface area contributed by atoms with Crippen molar-refractivity contribution in [2.75, 3.05) is 12.5 Å². The third-order valence-corrected chi connectivity index (χ3v) is 1.50. The van der Waals surface area contributed by atoms with Gasteiger partial charge in [-0.2, -0.15) is 0 Å². The van der Waals surface area contributed by atoms with Gasteiger partial charge in [-0.1, -0.05) is 21.6 Å². The van der Waals surface area contributed by atoms with E-state index in [-0.39, 0.29) is 5.48 Å². The second-order valence-corrected chi connectivity index (χ2v) is 3.00. The molecule has 0 aromatic rings. The van der Waals surface area contributed by atoms with Crippen LogP contribution in [0.1, 0.15) is 0 Å². The van der Waals surface area contributed by atoms with Crippen LogP contribution in [0.25, 0.3) is 0 Å². The molecule has 0 aliphatic carbocycles. The molecule has 0 rings (SSSR count). The zero-order valence-corrected chi connectivity index (χ0v) is 4.95. The average Bonchev–Trinajstić information content (AvgIpc) is 1.37. The highest BCUT2D eigenvalue weighted by molar-refractivity contribution is 8.76. The molecule has 1 nitrogen and oxygen atoms in total. The van der Waals surface area contributed by atoms with Gasteiger partial charge in [-0.15, -0.1) is 0 Å². The van der Waals surface area contributed by atoms with Crippen LogP contribution in [0.2, 0.25) is 0 Å². The molecule has 0 radical (unpaired) electrons. The molecule has 0 unspecified atom stereocenters. The van der Waals surface area contributed by atoms with Gasteiger partial charge < -0.3 is 5.48 Å². The molecule has 3 heteroatoms. The minimum atomic E-state index is 0. The van der Waals surface area contributed by atoms with E-state index < -0.39 is 0 Å². The Labute approximate surface area is 40.2 Å². The molecule has 2 N–H and O–H groups in total. The molecule has 5 heavy (non-hydrogen) atoms. The van der Waals surface area contributed by atoms with Gasteiger partial charge in [0.2, 0.25) is 0 Å². The van der Waals surface area contributed by atoms with Crippen LogP contribution in [0, 0.1) is 0 Å². The van der Waals surface area contributed by atoms with E-state index in [1.165, 1.54) is 0 Å². The molecule has 0 aliphatic rings. The smallest absolute Gasteiger partial charge is 0.00793 e. The summed E-state index contributed by atoms with van der Waals surface area (Å²) in [5.41, 5.74) is 0. The van der Waals surface area contributed by atoms with Crippen molar-refractivity contribution in [2.24, 2.45) is 0 Å². The largest absolute Gasteiger partial charge is 0.412 e. The Hall–Kier alpha value is 0.660. The second-order valence-electron chi connectivity index (χ2n) is 0.333. The van der Waals surface area contributed by atoms with E-state index in [2.05, 4.69) is 12.5 Å². The van der Waals surface area contributed by atoms with E-state index in [0.717, 1.165) is 0 Å². The lowest BCUT2D eigenvalue weighted by Gasteiger charge is -1.69. The summed E-state index contributed by atoms with van der Waals surface area (Å²) >= 11 is 0. The summed E-state index contributed by atoms with van der Waals surface area (Å²) in [6, 6.07) is 0. The Morgan fingerprint density at radius 3 is 1.20 bits per heavy atom. The highest BCUT2D eigenvalue weighted by Crippen LogP contribution is 2.09. The maximum atomic E-state index is 2.06. The fourth-order valence-electron chi connectivity index (χ4n) is 0. The van der Waals surface area contributed by atoms with E-state index in [9.17, 15) is 0 Å². The average molecular weight is 112 g/mol. The third-order valence-electron chi connectivity index (χ3n) is 0.167. The summed E-state index contributed by atoms with van der Waals surface area (Å²) < 4.78 is 0. The molecule has 0 aliphatic heterocycles. The number of hydrogen-bond acceptors (Lipinski definition) is 2. The Morgan fingerprint density at radius 1 is 1.00 bits per heavy atom. The van der Waals surface area contributed by atoms with Gasteiger partial charge in [0.1, 0.15) is 0 Å². The van der Waals surface area contributed by atoms with Crippen LogP contribution in [-0.2, 0) is 0 Å². The van der Waals surface area contributed by atoms with Crippen LogP contribution in [0.4, 0.5) is 0 Å². The molecule has 0 fully saturated rings. The van der Waals surface area contributed by atoms with Gasteiger partial charge in [-0.05, 0) is 12.5 Å². The molecule has 0 atom stereocenters. The van der Waals surface area contributed by atoms with E-state index in [4.69, 9.17) is 0 Å². The lowest BCUT2D eigenvalue weighted by molar-refractivity contribution is 0.824. The monoisotopic (exact) mass is 112 g/mol. The first kappa shape index (κ1) is 9.18. The fraction of sp³-hybridized carbons (Fsp3) is 1.00. The molecule has 0 saturated heterocycles. The topological polar surface area (TPSA) is 31.5 Å². The summed E-state index contributed by atoms with van der Waals surface area (Å²) in [6.45, 7) is 0. The Morgan fingerprint density at radius 2 is 1.20 bits per heavy atom. The van der Waals surface area contributed by atoms with E-state index in [1.54, 1.807) is 21.6 Å². The number of hydrogen-bond donors (Lipinski definition) is 0. The summed E-state index contributed by atoms with van der Waals surface area (Å²) in [4.78, 5) is 0. The Kier molecular flexibility index (Phi) is 16.2. The summed E-state index contributed by atoms with van der Waals surface area (Å²) in [7, 11) is 3.55. The van der Waals surface area contributed by atoms with Gasteiger partial charge in [0, 0.05) is 0 Å². The zero-order valence-electron chi connectivity index (χ0n) is 3.32. The van der Waals surface area contributed by atoms with Gasteiger partial charge in [0.25, 0.3) is 0 Å². The molecule has 0 heterocycles. The first-order valence-electron chi connectivity index (χ1n) is 0.983. The standard InChI is InChI=1S/C2H6S2.H2O/c1-3-4-2;/h1-2H3;1H2. The highest BCUT2D eigenvalue weighted by atomic mass is 33.1. The van der Waals surface area contributed by atoms with Crippen molar-refractivity contribution < 1.29 is 5.48 Å². The van der Waals surface area contributed by atoms with E-state index in [0.29, 0.717) is 0 Å². The fourth-order valence-corrected chi connectivity index (χ4v) is 0. The summed E-state index contributed by atoms with van der Waals surface area (Å²) in [6.07, 6.45) is 4.12. The van der Waals surface area contributed by atoms with Gasteiger partial charge in [-0.25, -0.2) is 0 Å². The summed E-state index contributed by atoms with van der Waals surface area (Å²) in [5.74, 6) is 0. The maximum Gasteiger partial charge on any atom is -0.00793 e.